The third-order valence-electron chi connectivity index (χ3n) is 3.19. The molecular formula is C16H23N3O2. The van der Waals surface area contributed by atoms with Gasteiger partial charge >= 0.3 is 0 Å². The molecule has 0 fully saturated rings. The van der Waals surface area contributed by atoms with Gasteiger partial charge in [0.15, 0.2) is 11.5 Å². The van der Waals surface area contributed by atoms with Crippen molar-refractivity contribution in [2.45, 2.75) is 33.0 Å². The van der Waals surface area contributed by atoms with E-state index in [-0.39, 0.29) is 0 Å². The molecule has 2 aromatic rings. The summed E-state index contributed by atoms with van der Waals surface area (Å²) in [5.74, 6) is 1.49. The third-order valence-corrected chi connectivity index (χ3v) is 3.19. The van der Waals surface area contributed by atoms with Crippen molar-refractivity contribution in [2.75, 3.05) is 14.2 Å². The van der Waals surface area contributed by atoms with Crippen LogP contribution >= 0.6 is 0 Å². The zero-order valence-corrected chi connectivity index (χ0v) is 13.1. The van der Waals surface area contributed by atoms with E-state index in [9.17, 15) is 0 Å². The highest BCUT2D eigenvalue weighted by Crippen LogP contribution is 2.27. The highest BCUT2D eigenvalue weighted by molar-refractivity contribution is 5.42. The Morgan fingerprint density at radius 1 is 1.19 bits per heavy atom. The summed E-state index contributed by atoms with van der Waals surface area (Å²) in [6.45, 7) is 5.80. The van der Waals surface area contributed by atoms with Crippen LogP contribution in [0.2, 0.25) is 0 Å². The number of benzene rings is 1. The molecule has 0 amide bonds. The lowest BCUT2D eigenvalue weighted by atomic mass is 10.2. The number of methoxy groups -OCH3 is 2. The molecule has 1 aromatic carbocycles. The van der Waals surface area contributed by atoms with Gasteiger partial charge in [-0.1, -0.05) is 19.9 Å². The topological polar surface area (TPSA) is 48.3 Å². The van der Waals surface area contributed by atoms with Gasteiger partial charge in [0.25, 0.3) is 0 Å². The maximum atomic E-state index is 5.32. The second kappa shape index (κ2) is 7.13. The molecule has 0 bridgehead atoms. The van der Waals surface area contributed by atoms with Gasteiger partial charge in [0.2, 0.25) is 0 Å². The van der Waals surface area contributed by atoms with Crippen LogP contribution in [0.1, 0.15) is 25.1 Å². The van der Waals surface area contributed by atoms with Crippen LogP contribution in [-0.4, -0.2) is 29.8 Å². The fourth-order valence-corrected chi connectivity index (χ4v) is 2.08. The summed E-state index contributed by atoms with van der Waals surface area (Å²) in [4.78, 5) is 4.41. The van der Waals surface area contributed by atoms with Crippen LogP contribution < -0.4 is 14.8 Å². The average Bonchev–Trinajstić information content (AvgIpc) is 2.92. The van der Waals surface area contributed by atoms with Gasteiger partial charge in [0.05, 0.1) is 26.2 Å². The molecule has 0 spiro atoms. The van der Waals surface area contributed by atoms with Gasteiger partial charge in [-0.3, -0.25) is 0 Å². The number of hydrogen-bond donors (Lipinski definition) is 1. The van der Waals surface area contributed by atoms with Crippen LogP contribution in [0.3, 0.4) is 0 Å². The fraction of sp³-hybridized carbons (Fsp3) is 0.438. The van der Waals surface area contributed by atoms with Crippen molar-refractivity contribution in [1.29, 1.82) is 0 Å². The summed E-state index contributed by atoms with van der Waals surface area (Å²) in [5.41, 5.74) is 2.19. The summed E-state index contributed by atoms with van der Waals surface area (Å²) in [7, 11) is 3.29. The number of rotatable bonds is 7. The Balaban J connectivity index is 2.04. The zero-order chi connectivity index (χ0) is 15.2. The van der Waals surface area contributed by atoms with Crippen LogP contribution in [0, 0.1) is 0 Å². The fourth-order valence-electron chi connectivity index (χ4n) is 2.08. The summed E-state index contributed by atoms with van der Waals surface area (Å²) < 4.78 is 12.6. The zero-order valence-electron chi connectivity index (χ0n) is 13.1. The van der Waals surface area contributed by atoms with E-state index in [1.165, 1.54) is 0 Å². The number of aromatic nitrogens is 2. The molecule has 2 rings (SSSR count). The lowest BCUT2D eigenvalue weighted by Crippen LogP contribution is -2.21. The Kier molecular flexibility index (Phi) is 5.22. The first-order valence-corrected chi connectivity index (χ1v) is 7.07. The Hall–Kier alpha value is -2.01. The van der Waals surface area contributed by atoms with Crippen molar-refractivity contribution in [3.05, 3.63) is 42.0 Å². The van der Waals surface area contributed by atoms with Crippen LogP contribution in [0.5, 0.6) is 11.5 Å². The molecule has 0 aliphatic carbocycles. The average molecular weight is 289 g/mol. The maximum absolute atomic E-state index is 5.32. The smallest absolute Gasteiger partial charge is 0.161 e. The van der Waals surface area contributed by atoms with E-state index < -0.39 is 0 Å². The van der Waals surface area contributed by atoms with Gasteiger partial charge < -0.3 is 19.4 Å². The molecule has 21 heavy (non-hydrogen) atoms. The van der Waals surface area contributed by atoms with Crippen LogP contribution in [-0.2, 0) is 13.1 Å². The summed E-state index contributed by atoms with van der Waals surface area (Å²) >= 11 is 0. The van der Waals surface area contributed by atoms with E-state index in [0.717, 1.165) is 35.8 Å². The predicted octanol–water partition coefficient (Wildman–Crippen LogP) is 2.45. The molecule has 5 heteroatoms. The number of nitrogens with one attached hydrogen (secondary N) is 1. The Morgan fingerprint density at radius 2 is 1.95 bits per heavy atom. The van der Waals surface area contributed by atoms with Crippen molar-refractivity contribution in [2.24, 2.45) is 0 Å². The van der Waals surface area contributed by atoms with Crippen molar-refractivity contribution in [1.82, 2.24) is 14.9 Å². The molecular weight excluding hydrogens is 266 g/mol. The summed E-state index contributed by atoms with van der Waals surface area (Å²) in [6, 6.07) is 6.41. The van der Waals surface area contributed by atoms with Gasteiger partial charge in [-0.2, -0.15) is 0 Å². The molecule has 114 valence electrons. The molecule has 1 aromatic heterocycles. The molecule has 0 aliphatic rings. The Labute approximate surface area is 125 Å². The van der Waals surface area contributed by atoms with E-state index in [0.29, 0.717) is 6.04 Å². The normalized spacial score (nSPS) is 10.9. The molecule has 5 nitrogen and oxygen atoms in total. The van der Waals surface area contributed by atoms with Gasteiger partial charge in [0, 0.05) is 25.3 Å². The first kappa shape index (κ1) is 15.4. The lowest BCUT2D eigenvalue weighted by molar-refractivity contribution is 0.354. The Morgan fingerprint density at radius 3 is 2.62 bits per heavy atom. The number of ether oxygens (including phenoxy) is 2. The predicted molar refractivity (Wildman–Crippen MR) is 82.9 cm³/mol. The first-order valence-electron chi connectivity index (χ1n) is 7.07. The minimum absolute atomic E-state index is 0.459. The van der Waals surface area contributed by atoms with Crippen molar-refractivity contribution in [3.63, 3.8) is 0 Å². The SMILES string of the molecule is COc1ccc(Cn2cnc(CNC(C)C)c2)cc1OC. The van der Waals surface area contributed by atoms with E-state index in [2.05, 4.69) is 34.9 Å². The van der Waals surface area contributed by atoms with E-state index in [4.69, 9.17) is 9.47 Å². The summed E-state index contributed by atoms with van der Waals surface area (Å²) in [5, 5.41) is 3.36. The summed E-state index contributed by atoms with van der Waals surface area (Å²) in [6.07, 6.45) is 3.92. The van der Waals surface area contributed by atoms with Crippen LogP contribution in [0.15, 0.2) is 30.7 Å². The monoisotopic (exact) mass is 289 g/mol. The minimum Gasteiger partial charge on any atom is -0.493 e. The maximum Gasteiger partial charge on any atom is 0.161 e. The highest BCUT2D eigenvalue weighted by atomic mass is 16.5. The van der Waals surface area contributed by atoms with Gasteiger partial charge in [0.1, 0.15) is 0 Å². The molecule has 1 N–H and O–H groups in total. The van der Waals surface area contributed by atoms with Crippen molar-refractivity contribution >= 4 is 0 Å². The number of hydrogen-bond acceptors (Lipinski definition) is 4. The quantitative estimate of drug-likeness (QED) is 0.850. The highest BCUT2D eigenvalue weighted by Gasteiger charge is 2.06. The third kappa shape index (κ3) is 4.23. The second-order valence-electron chi connectivity index (χ2n) is 5.26. The molecule has 0 saturated heterocycles. The molecule has 0 saturated carbocycles. The standard InChI is InChI=1S/C16H23N3O2/c1-12(2)17-8-14-10-19(11-18-14)9-13-5-6-15(20-3)16(7-13)21-4/h5-7,10-12,17H,8-9H2,1-4H3. The molecule has 1 heterocycles. The van der Waals surface area contributed by atoms with E-state index >= 15 is 0 Å². The molecule has 0 aliphatic heterocycles. The lowest BCUT2D eigenvalue weighted by Gasteiger charge is -2.10. The van der Waals surface area contributed by atoms with Crippen molar-refractivity contribution in [3.8, 4) is 11.5 Å². The van der Waals surface area contributed by atoms with Gasteiger partial charge in [-0.15, -0.1) is 0 Å². The van der Waals surface area contributed by atoms with E-state index in [1.54, 1.807) is 14.2 Å². The second-order valence-corrected chi connectivity index (χ2v) is 5.26. The molecule has 0 unspecified atom stereocenters. The minimum atomic E-state index is 0.459. The Bertz CT molecular complexity index is 579. The molecule has 0 radical (unpaired) electrons. The largest absolute Gasteiger partial charge is 0.493 e. The van der Waals surface area contributed by atoms with Gasteiger partial charge in [-0.05, 0) is 17.7 Å². The number of imidazole rings is 1. The first-order chi connectivity index (χ1) is 10.1. The number of nitrogens with zero attached hydrogens (tertiary/aromatic N) is 2. The van der Waals surface area contributed by atoms with Crippen molar-refractivity contribution < 1.29 is 9.47 Å². The van der Waals surface area contributed by atoms with Gasteiger partial charge in [-0.25, -0.2) is 4.98 Å². The molecule has 0 atom stereocenters. The van der Waals surface area contributed by atoms with Crippen LogP contribution in [0.25, 0.3) is 0 Å². The van der Waals surface area contributed by atoms with E-state index in [1.807, 2.05) is 24.5 Å². The van der Waals surface area contributed by atoms with Crippen LogP contribution in [0.4, 0.5) is 0 Å².